The molecule has 3 rings (SSSR count). The van der Waals surface area contributed by atoms with E-state index in [2.05, 4.69) is 0 Å². The van der Waals surface area contributed by atoms with Crippen LogP contribution in [0.3, 0.4) is 0 Å². The third-order valence-corrected chi connectivity index (χ3v) is 6.51. The molecule has 0 N–H and O–H groups in total. The molecular formula is C13H13NO4S3. The predicted molar refractivity (Wildman–Crippen MR) is 85.5 cm³/mol. The molecule has 0 bridgehead atoms. The fourth-order valence-electron chi connectivity index (χ4n) is 2.43. The van der Waals surface area contributed by atoms with Crippen molar-refractivity contribution in [3.63, 3.8) is 0 Å². The Morgan fingerprint density at radius 3 is 2.81 bits per heavy atom. The number of rotatable bonds is 2. The van der Waals surface area contributed by atoms with E-state index in [9.17, 15) is 13.2 Å². The van der Waals surface area contributed by atoms with Gasteiger partial charge in [0, 0.05) is 6.08 Å². The highest BCUT2D eigenvalue weighted by Crippen LogP contribution is 2.36. The Morgan fingerprint density at radius 1 is 1.48 bits per heavy atom. The lowest BCUT2D eigenvalue weighted by Gasteiger charge is -2.20. The largest absolute Gasteiger partial charge is 0.462 e. The van der Waals surface area contributed by atoms with Gasteiger partial charge in [0.05, 0.1) is 22.5 Å². The van der Waals surface area contributed by atoms with E-state index < -0.39 is 9.84 Å². The number of carbonyl (C=O) groups excluding carboxylic acids is 1. The van der Waals surface area contributed by atoms with Crippen LogP contribution in [-0.4, -0.2) is 41.1 Å². The summed E-state index contributed by atoms with van der Waals surface area (Å²) < 4.78 is 29.0. The summed E-state index contributed by atoms with van der Waals surface area (Å²) in [7, 11) is -3.05. The van der Waals surface area contributed by atoms with Crippen LogP contribution in [0.4, 0.5) is 0 Å². The average molecular weight is 343 g/mol. The van der Waals surface area contributed by atoms with Gasteiger partial charge in [-0.3, -0.25) is 9.69 Å². The van der Waals surface area contributed by atoms with Gasteiger partial charge in [-0.2, -0.15) is 0 Å². The molecule has 0 unspecified atom stereocenters. The standard InChI is InChI=1S/C13H13NO4S3/c1-8-2-3-10(18-8)6-11-12(15)14(13(19)20-11)9-4-5-21(16,17)7-9/h2-3,6,9H,4-5,7H2,1H3/b11-6+/t9-/m0/s1. The van der Waals surface area contributed by atoms with Crippen molar-refractivity contribution < 1.29 is 17.6 Å². The first kappa shape index (κ1) is 14.8. The second kappa shape index (κ2) is 5.26. The molecule has 0 spiro atoms. The molecule has 3 heterocycles. The third-order valence-electron chi connectivity index (χ3n) is 3.43. The molecule has 0 saturated carbocycles. The van der Waals surface area contributed by atoms with E-state index in [-0.39, 0.29) is 23.5 Å². The summed E-state index contributed by atoms with van der Waals surface area (Å²) in [5, 5.41) is 0. The third kappa shape index (κ3) is 2.93. The maximum Gasteiger partial charge on any atom is 0.266 e. The smallest absolute Gasteiger partial charge is 0.266 e. The molecule has 21 heavy (non-hydrogen) atoms. The predicted octanol–water partition coefficient (Wildman–Crippen LogP) is 1.98. The normalized spacial score (nSPS) is 27.0. The topological polar surface area (TPSA) is 67.6 Å². The van der Waals surface area contributed by atoms with E-state index in [1.165, 1.54) is 16.7 Å². The number of hydrogen-bond donors (Lipinski definition) is 0. The quantitative estimate of drug-likeness (QED) is 0.604. The van der Waals surface area contributed by atoms with Gasteiger partial charge in [-0.05, 0) is 25.5 Å². The van der Waals surface area contributed by atoms with Gasteiger partial charge in [0.2, 0.25) is 0 Å². The van der Waals surface area contributed by atoms with Crippen molar-refractivity contribution in [3.8, 4) is 0 Å². The summed E-state index contributed by atoms with van der Waals surface area (Å²) >= 11 is 6.42. The van der Waals surface area contributed by atoms with Gasteiger partial charge < -0.3 is 4.42 Å². The van der Waals surface area contributed by atoms with Crippen molar-refractivity contribution in [2.45, 2.75) is 19.4 Å². The van der Waals surface area contributed by atoms with E-state index in [0.717, 1.165) is 5.76 Å². The lowest BCUT2D eigenvalue weighted by molar-refractivity contribution is -0.123. The van der Waals surface area contributed by atoms with Gasteiger partial charge >= 0.3 is 0 Å². The molecule has 0 radical (unpaired) electrons. The maximum absolute atomic E-state index is 12.4. The average Bonchev–Trinajstić information content (AvgIpc) is 3.01. The maximum atomic E-state index is 12.4. The van der Waals surface area contributed by atoms with Crippen LogP contribution in [0.5, 0.6) is 0 Å². The number of nitrogens with zero attached hydrogens (tertiary/aromatic N) is 1. The molecule has 0 aliphatic carbocycles. The number of sulfone groups is 1. The molecule has 2 aliphatic heterocycles. The first-order valence-corrected chi connectivity index (χ1v) is 9.44. The molecule has 1 amide bonds. The Labute approximate surface area is 132 Å². The van der Waals surface area contributed by atoms with E-state index in [0.29, 0.717) is 21.4 Å². The molecular weight excluding hydrogens is 330 g/mol. The zero-order valence-electron chi connectivity index (χ0n) is 11.2. The SMILES string of the molecule is Cc1ccc(/C=C2/SC(=S)N([C@H]3CCS(=O)(=O)C3)C2=O)o1. The lowest BCUT2D eigenvalue weighted by Crippen LogP contribution is -2.39. The van der Waals surface area contributed by atoms with Crippen molar-refractivity contribution in [3.05, 3.63) is 28.6 Å². The summed E-state index contributed by atoms with van der Waals surface area (Å²) in [6.07, 6.45) is 2.09. The molecule has 8 heteroatoms. The Hall–Kier alpha value is -1.12. The van der Waals surface area contributed by atoms with Crippen LogP contribution in [0.15, 0.2) is 21.5 Å². The molecule has 1 aromatic rings. The van der Waals surface area contributed by atoms with Crippen LogP contribution < -0.4 is 0 Å². The fraction of sp³-hybridized carbons (Fsp3) is 0.385. The minimum absolute atomic E-state index is 0.00736. The molecule has 5 nitrogen and oxygen atoms in total. The van der Waals surface area contributed by atoms with Crippen LogP contribution in [0.25, 0.3) is 6.08 Å². The van der Waals surface area contributed by atoms with E-state index in [1.807, 2.05) is 13.0 Å². The molecule has 2 fully saturated rings. The van der Waals surface area contributed by atoms with Gasteiger partial charge in [0.1, 0.15) is 15.8 Å². The number of carbonyl (C=O) groups is 1. The highest BCUT2D eigenvalue weighted by Gasteiger charge is 2.42. The van der Waals surface area contributed by atoms with Gasteiger partial charge in [-0.15, -0.1) is 0 Å². The second-order valence-corrected chi connectivity index (χ2v) is 8.96. The number of aryl methyl sites for hydroxylation is 1. The highest BCUT2D eigenvalue weighted by molar-refractivity contribution is 8.26. The van der Waals surface area contributed by atoms with Crippen molar-refractivity contribution in [1.29, 1.82) is 0 Å². The number of thioether (sulfide) groups is 1. The van der Waals surface area contributed by atoms with Gasteiger partial charge in [0.25, 0.3) is 5.91 Å². The van der Waals surface area contributed by atoms with Crippen molar-refractivity contribution >= 4 is 50.1 Å². The van der Waals surface area contributed by atoms with Crippen molar-refractivity contribution in [2.75, 3.05) is 11.5 Å². The van der Waals surface area contributed by atoms with Crippen LogP contribution in [0.2, 0.25) is 0 Å². The van der Waals surface area contributed by atoms with E-state index in [4.69, 9.17) is 16.6 Å². The molecule has 1 atom stereocenters. The molecule has 0 aromatic carbocycles. The van der Waals surface area contributed by atoms with Crippen LogP contribution in [0, 0.1) is 6.92 Å². The first-order chi connectivity index (χ1) is 9.85. The van der Waals surface area contributed by atoms with Gasteiger partial charge in [0.15, 0.2) is 9.84 Å². The zero-order chi connectivity index (χ0) is 15.2. The highest BCUT2D eigenvalue weighted by atomic mass is 32.2. The number of hydrogen-bond acceptors (Lipinski definition) is 6. The monoisotopic (exact) mass is 343 g/mol. The van der Waals surface area contributed by atoms with Crippen LogP contribution in [0.1, 0.15) is 17.9 Å². The minimum Gasteiger partial charge on any atom is -0.462 e. The van der Waals surface area contributed by atoms with Crippen molar-refractivity contribution in [2.24, 2.45) is 0 Å². The van der Waals surface area contributed by atoms with Crippen LogP contribution in [-0.2, 0) is 14.6 Å². The van der Waals surface area contributed by atoms with Crippen molar-refractivity contribution in [1.82, 2.24) is 4.90 Å². The summed E-state index contributed by atoms with van der Waals surface area (Å²) in [5.41, 5.74) is 0. The van der Waals surface area contributed by atoms with Crippen LogP contribution >= 0.6 is 24.0 Å². The Balaban J connectivity index is 1.84. The summed E-state index contributed by atoms with van der Waals surface area (Å²) in [5.74, 6) is 1.23. The summed E-state index contributed by atoms with van der Waals surface area (Å²) in [4.78, 5) is 14.3. The molecule has 2 aliphatic rings. The van der Waals surface area contributed by atoms with Gasteiger partial charge in [-0.1, -0.05) is 24.0 Å². The fourth-order valence-corrected chi connectivity index (χ4v) is 5.51. The zero-order valence-corrected chi connectivity index (χ0v) is 13.7. The Morgan fingerprint density at radius 2 is 2.24 bits per heavy atom. The Kier molecular flexibility index (Phi) is 3.71. The number of thiocarbonyl (C=S) groups is 1. The summed E-state index contributed by atoms with van der Waals surface area (Å²) in [6, 6.07) is 3.25. The number of furan rings is 1. The van der Waals surface area contributed by atoms with Gasteiger partial charge in [-0.25, -0.2) is 8.42 Å². The summed E-state index contributed by atoms with van der Waals surface area (Å²) in [6.45, 7) is 1.83. The van der Waals surface area contributed by atoms with E-state index in [1.54, 1.807) is 12.1 Å². The van der Waals surface area contributed by atoms with E-state index >= 15 is 0 Å². The number of amides is 1. The molecule has 112 valence electrons. The Bertz CT molecular complexity index is 747. The molecule has 1 aromatic heterocycles. The minimum atomic E-state index is -3.05. The lowest BCUT2D eigenvalue weighted by atomic mass is 10.2. The first-order valence-electron chi connectivity index (χ1n) is 6.40. The second-order valence-electron chi connectivity index (χ2n) is 5.06. The molecule has 2 saturated heterocycles.